The summed E-state index contributed by atoms with van der Waals surface area (Å²) in [5, 5.41) is 12.9. The van der Waals surface area contributed by atoms with Crippen molar-refractivity contribution in [2.24, 2.45) is 0 Å². The lowest BCUT2D eigenvalue weighted by atomic mass is 9.79. The molecule has 0 bridgehead atoms. The third-order valence-corrected chi connectivity index (χ3v) is 2.26. The number of rotatable bonds is 3. The first kappa shape index (κ1) is 10.6. The normalized spacial score (nSPS) is 21.3. The highest BCUT2D eigenvalue weighted by Crippen LogP contribution is 1.99. The molecule has 0 aromatic heterocycles. The Labute approximate surface area is 89.3 Å². The van der Waals surface area contributed by atoms with Gasteiger partial charge in [-0.15, -0.1) is 0 Å². The zero-order valence-electron chi connectivity index (χ0n) is 8.43. The van der Waals surface area contributed by atoms with Crippen molar-refractivity contribution in [2.75, 3.05) is 19.7 Å². The van der Waals surface area contributed by atoms with E-state index in [9.17, 15) is 5.02 Å². The lowest BCUT2D eigenvalue weighted by Crippen LogP contribution is -2.46. The molecule has 15 heavy (non-hydrogen) atoms. The maximum atomic E-state index is 9.74. The molecule has 1 aromatic carbocycles. The molecule has 0 amide bonds. The summed E-state index contributed by atoms with van der Waals surface area (Å²) >= 11 is 0. The molecule has 5 heteroatoms. The third-order valence-electron chi connectivity index (χ3n) is 2.26. The Morgan fingerprint density at radius 2 is 2.20 bits per heavy atom. The van der Waals surface area contributed by atoms with Gasteiger partial charge in [-0.05, 0) is 5.46 Å². The van der Waals surface area contributed by atoms with Crippen molar-refractivity contribution in [3.05, 3.63) is 30.3 Å². The summed E-state index contributed by atoms with van der Waals surface area (Å²) in [5.74, 6) is 0. The van der Waals surface area contributed by atoms with Crippen LogP contribution in [0.4, 0.5) is 0 Å². The Morgan fingerprint density at radius 3 is 2.87 bits per heavy atom. The number of ether oxygens (including phenoxy) is 1. The number of hydrogen-bond donors (Lipinski definition) is 2. The summed E-state index contributed by atoms with van der Waals surface area (Å²) < 4.78 is 10.7. The van der Waals surface area contributed by atoms with E-state index < -0.39 is 7.12 Å². The van der Waals surface area contributed by atoms with Crippen LogP contribution in [0.5, 0.6) is 0 Å². The Hall–Kier alpha value is -0.875. The van der Waals surface area contributed by atoms with Gasteiger partial charge in [-0.1, -0.05) is 30.3 Å². The van der Waals surface area contributed by atoms with Gasteiger partial charge >= 0.3 is 7.12 Å². The van der Waals surface area contributed by atoms with E-state index in [0.29, 0.717) is 13.2 Å². The van der Waals surface area contributed by atoms with E-state index in [1.54, 1.807) is 0 Å². The van der Waals surface area contributed by atoms with Gasteiger partial charge in [-0.25, -0.2) is 0 Å². The molecule has 1 aromatic rings. The smallest absolute Gasteiger partial charge is 0.423 e. The Balaban J connectivity index is 1.88. The SMILES string of the molecule is OB(OC1CNCCO1)c1ccccc1. The van der Waals surface area contributed by atoms with Crippen LogP contribution < -0.4 is 10.8 Å². The van der Waals surface area contributed by atoms with E-state index in [1.165, 1.54) is 0 Å². The van der Waals surface area contributed by atoms with Gasteiger partial charge < -0.3 is 19.7 Å². The molecule has 1 heterocycles. The van der Waals surface area contributed by atoms with Crippen molar-refractivity contribution in [3.63, 3.8) is 0 Å². The highest BCUT2D eigenvalue weighted by atomic mass is 16.7. The molecule has 1 aliphatic heterocycles. The van der Waals surface area contributed by atoms with E-state index in [2.05, 4.69) is 5.32 Å². The first-order valence-electron chi connectivity index (χ1n) is 5.07. The molecule has 1 atom stereocenters. The first-order chi connectivity index (χ1) is 7.36. The number of morpholine rings is 1. The van der Waals surface area contributed by atoms with Crippen LogP contribution in [0.15, 0.2) is 30.3 Å². The second-order valence-corrected chi connectivity index (χ2v) is 3.40. The van der Waals surface area contributed by atoms with Gasteiger partial charge in [-0.3, -0.25) is 0 Å². The minimum atomic E-state index is -0.920. The van der Waals surface area contributed by atoms with E-state index in [0.717, 1.165) is 12.0 Å². The van der Waals surface area contributed by atoms with Gasteiger partial charge in [0.1, 0.15) is 0 Å². The summed E-state index contributed by atoms with van der Waals surface area (Å²) in [7, 11) is -0.920. The Kier molecular flexibility index (Phi) is 3.74. The van der Waals surface area contributed by atoms with Crippen LogP contribution in [0.1, 0.15) is 0 Å². The van der Waals surface area contributed by atoms with Crippen molar-refractivity contribution in [1.29, 1.82) is 0 Å². The number of hydrogen-bond acceptors (Lipinski definition) is 4. The van der Waals surface area contributed by atoms with Crippen LogP contribution in [0.25, 0.3) is 0 Å². The summed E-state index contributed by atoms with van der Waals surface area (Å²) in [6.45, 7) is 2.07. The van der Waals surface area contributed by atoms with Gasteiger partial charge in [0.25, 0.3) is 0 Å². The standard InChI is InChI=1S/C10H14BNO3/c13-11(9-4-2-1-3-5-9)15-10-8-12-6-7-14-10/h1-5,10,12-13H,6-8H2. The summed E-state index contributed by atoms with van der Waals surface area (Å²) in [6, 6.07) is 9.26. The van der Waals surface area contributed by atoms with E-state index in [-0.39, 0.29) is 6.29 Å². The number of nitrogens with one attached hydrogen (secondary N) is 1. The van der Waals surface area contributed by atoms with Crippen LogP contribution in [0, 0.1) is 0 Å². The predicted octanol–water partition coefficient (Wildman–Crippen LogP) is -0.663. The molecule has 2 N–H and O–H groups in total. The molecular formula is C10H14BNO3. The third kappa shape index (κ3) is 3.04. The summed E-state index contributed by atoms with van der Waals surface area (Å²) in [6.07, 6.45) is -0.367. The lowest BCUT2D eigenvalue weighted by Gasteiger charge is -2.25. The highest BCUT2D eigenvalue weighted by molar-refractivity contribution is 6.59. The average Bonchev–Trinajstić information content (AvgIpc) is 2.31. The predicted molar refractivity (Wildman–Crippen MR) is 57.7 cm³/mol. The van der Waals surface area contributed by atoms with Crippen molar-refractivity contribution < 1.29 is 14.4 Å². The molecule has 0 spiro atoms. The minimum absolute atomic E-state index is 0.367. The maximum Gasteiger partial charge on any atom is 0.493 e. The van der Waals surface area contributed by atoms with Crippen LogP contribution in [0.2, 0.25) is 0 Å². The van der Waals surface area contributed by atoms with Crippen LogP contribution in [-0.2, 0) is 9.39 Å². The summed E-state index contributed by atoms with van der Waals surface area (Å²) in [5.41, 5.74) is 0.742. The average molecular weight is 207 g/mol. The van der Waals surface area contributed by atoms with Gasteiger partial charge in [0.05, 0.1) is 6.61 Å². The van der Waals surface area contributed by atoms with Crippen molar-refractivity contribution in [3.8, 4) is 0 Å². The van der Waals surface area contributed by atoms with Crippen LogP contribution >= 0.6 is 0 Å². The van der Waals surface area contributed by atoms with Gasteiger partial charge in [-0.2, -0.15) is 0 Å². The molecule has 1 fully saturated rings. The molecule has 1 saturated heterocycles. The molecule has 0 saturated carbocycles. The van der Waals surface area contributed by atoms with Crippen molar-refractivity contribution in [2.45, 2.75) is 6.29 Å². The topological polar surface area (TPSA) is 50.7 Å². The molecule has 2 rings (SSSR count). The lowest BCUT2D eigenvalue weighted by molar-refractivity contribution is -0.103. The minimum Gasteiger partial charge on any atom is -0.423 e. The molecule has 4 nitrogen and oxygen atoms in total. The second kappa shape index (κ2) is 5.28. The van der Waals surface area contributed by atoms with Gasteiger partial charge in [0.2, 0.25) is 0 Å². The number of benzene rings is 1. The molecule has 0 aliphatic carbocycles. The zero-order chi connectivity index (χ0) is 10.5. The Bertz CT molecular complexity index is 290. The van der Waals surface area contributed by atoms with Crippen LogP contribution in [-0.4, -0.2) is 38.1 Å². The first-order valence-corrected chi connectivity index (χ1v) is 5.07. The molecule has 1 aliphatic rings. The Morgan fingerprint density at radius 1 is 1.40 bits per heavy atom. The van der Waals surface area contributed by atoms with Crippen molar-refractivity contribution in [1.82, 2.24) is 5.32 Å². The van der Waals surface area contributed by atoms with Crippen molar-refractivity contribution >= 4 is 12.6 Å². The fourth-order valence-corrected chi connectivity index (χ4v) is 1.47. The maximum absolute atomic E-state index is 9.74. The van der Waals surface area contributed by atoms with Gasteiger partial charge in [0, 0.05) is 13.1 Å². The second-order valence-electron chi connectivity index (χ2n) is 3.40. The summed E-state index contributed by atoms with van der Waals surface area (Å²) in [4.78, 5) is 0. The highest BCUT2D eigenvalue weighted by Gasteiger charge is 2.23. The fourth-order valence-electron chi connectivity index (χ4n) is 1.47. The zero-order valence-corrected chi connectivity index (χ0v) is 8.43. The molecule has 0 radical (unpaired) electrons. The molecular weight excluding hydrogens is 193 g/mol. The molecule has 1 unspecified atom stereocenters. The van der Waals surface area contributed by atoms with Crippen LogP contribution in [0.3, 0.4) is 0 Å². The van der Waals surface area contributed by atoms with E-state index >= 15 is 0 Å². The van der Waals surface area contributed by atoms with E-state index in [4.69, 9.17) is 9.39 Å². The monoisotopic (exact) mass is 207 g/mol. The molecule has 80 valence electrons. The van der Waals surface area contributed by atoms with Gasteiger partial charge in [0.15, 0.2) is 6.29 Å². The largest absolute Gasteiger partial charge is 0.493 e. The van der Waals surface area contributed by atoms with E-state index in [1.807, 2.05) is 30.3 Å². The quantitative estimate of drug-likeness (QED) is 0.646. The fraction of sp³-hybridized carbons (Fsp3) is 0.400.